The molecular weight excluding hydrogens is 466 g/mol. The van der Waals surface area contributed by atoms with E-state index in [2.05, 4.69) is 20.4 Å². The van der Waals surface area contributed by atoms with E-state index in [4.69, 9.17) is 15.4 Å². The molecule has 2 aromatic carbocycles. The van der Waals surface area contributed by atoms with Gasteiger partial charge in [0.25, 0.3) is 0 Å². The van der Waals surface area contributed by atoms with Gasteiger partial charge in [0.2, 0.25) is 0 Å². The Balaban J connectivity index is 1.60. The number of hydrogen-bond acceptors (Lipinski definition) is 9. The molecule has 0 amide bonds. The van der Waals surface area contributed by atoms with Crippen LogP contribution in [-0.2, 0) is 16.4 Å². The Hall–Kier alpha value is -3.60. The van der Waals surface area contributed by atoms with Crippen molar-refractivity contribution >= 4 is 15.7 Å². The first-order valence-corrected chi connectivity index (χ1v) is 12.7. The van der Waals surface area contributed by atoms with E-state index in [1.54, 1.807) is 25.1 Å². The van der Waals surface area contributed by atoms with E-state index in [-0.39, 0.29) is 23.7 Å². The van der Waals surface area contributed by atoms with Crippen molar-refractivity contribution < 1.29 is 18.0 Å². The lowest BCUT2D eigenvalue weighted by molar-refractivity contribution is 0.287. The van der Waals surface area contributed by atoms with Crippen LogP contribution in [0, 0.1) is 0 Å². The molecule has 35 heavy (non-hydrogen) atoms. The van der Waals surface area contributed by atoms with Crippen LogP contribution in [0.15, 0.2) is 70.2 Å². The Kier molecular flexibility index (Phi) is 7.25. The number of sulfone groups is 1. The first-order chi connectivity index (χ1) is 16.8. The number of nitrogens with one attached hydrogen (secondary N) is 1. The highest BCUT2D eigenvalue weighted by molar-refractivity contribution is 7.92. The summed E-state index contributed by atoms with van der Waals surface area (Å²) in [5.41, 5.74) is 10.3. The van der Waals surface area contributed by atoms with Gasteiger partial charge in [-0.2, -0.15) is 0 Å². The third kappa shape index (κ3) is 5.24. The van der Waals surface area contributed by atoms with Gasteiger partial charge in [0, 0.05) is 30.3 Å². The Morgan fingerprint density at radius 3 is 2.37 bits per heavy atom. The molecular formula is C25H27N5O4S. The van der Waals surface area contributed by atoms with Crippen LogP contribution in [0.3, 0.4) is 0 Å². The van der Waals surface area contributed by atoms with Gasteiger partial charge in [-0.25, -0.2) is 18.4 Å². The highest BCUT2D eigenvalue weighted by Gasteiger charge is 2.23. The maximum atomic E-state index is 12.6. The summed E-state index contributed by atoms with van der Waals surface area (Å²) in [7, 11) is -1.63. The minimum atomic E-state index is -3.53. The van der Waals surface area contributed by atoms with Crippen LogP contribution < -0.4 is 11.1 Å². The van der Waals surface area contributed by atoms with E-state index in [0.29, 0.717) is 28.4 Å². The van der Waals surface area contributed by atoms with Crippen molar-refractivity contribution in [2.45, 2.75) is 30.0 Å². The second-order valence-electron chi connectivity index (χ2n) is 8.19. The monoisotopic (exact) mass is 493 g/mol. The summed E-state index contributed by atoms with van der Waals surface area (Å²) in [5, 5.41) is 15.7. The summed E-state index contributed by atoms with van der Waals surface area (Å²) < 4.78 is 30.8. The van der Waals surface area contributed by atoms with Gasteiger partial charge in [-0.05, 0) is 38.1 Å². The lowest BCUT2D eigenvalue weighted by Gasteiger charge is -2.12. The normalized spacial score (nSPS) is 12.5. The maximum absolute atomic E-state index is 12.6. The quantitative estimate of drug-likeness (QED) is 0.320. The van der Waals surface area contributed by atoms with Gasteiger partial charge in [-0.15, -0.1) is 0 Å². The van der Waals surface area contributed by atoms with E-state index in [1.165, 1.54) is 18.3 Å². The van der Waals surface area contributed by atoms with Crippen LogP contribution in [0.4, 0.5) is 5.82 Å². The van der Waals surface area contributed by atoms with Gasteiger partial charge in [-0.3, -0.25) is 0 Å². The van der Waals surface area contributed by atoms with Crippen molar-refractivity contribution in [3.8, 4) is 34.0 Å². The fraction of sp³-hybridized carbons (Fsp3) is 0.240. The summed E-state index contributed by atoms with van der Waals surface area (Å²) in [4.78, 5) is 9.03. The topological polar surface area (TPSA) is 144 Å². The molecule has 4 rings (SSSR count). The van der Waals surface area contributed by atoms with Crippen molar-refractivity contribution in [3.63, 3.8) is 0 Å². The van der Waals surface area contributed by atoms with Crippen molar-refractivity contribution in [2.75, 3.05) is 19.4 Å². The van der Waals surface area contributed by atoms with E-state index >= 15 is 0 Å². The summed E-state index contributed by atoms with van der Waals surface area (Å²) in [6.07, 6.45) is 1.70. The highest BCUT2D eigenvalue weighted by Crippen LogP contribution is 2.30. The van der Waals surface area contributed by atoms with Crippen LogP contribution in [-0.4, -0.2) is 47.6 Å². The number of nitrogens with two attached hydrogens (primary N) is 1. The van der Waals surface area contributed by atoms with Crippen molar-refractivity contribution in [1.29, 1.82) is 0 Å². The summed E-state index contributed by atoms with van der Waals surface area (Å²) in [6, 6.07) is 16.1. The molecule has 2 aromatic heterocycles. The van der Waals surface area contributed by atoms with Crippen molar-refractivity contribution in [3.05, 3.63) is 66.4 Å². The predicted molar refractivity (Wildman–Crippen MR) is 134 cm³/mol. The fourth-order valence-corrected chi connectivity index (χ4v) is 5.02. The zero-order valence-electron chi connectivity index (χ0n) is 19.5. The van der Waals surface area contributed by atoms with Crippen molar-refractivity contribution in [1.82, 2.24) is 20.4 Å². The van der Waals surface area contributed by atoms with E-state index in [0.717, 1.165) is 17.7 Å². The molecule has 0 aliphatic rings. The average Bonchev–Trinajstić information content (AvgIpc) is 3.35. The van der Waals surface area contributed by atoms with Crippen LogP contribution in [0.1, 0.15) is 18.9 Å². The number of rotatable bonds is 9. The lowest BCUT2D eigenvalue weighted by atomic mass is 10.1. The summed E-state index contributed by atoms with van der Waals surface area (Å²) in [5.74, 6) is 0.570. The van der Waals surface area contributed by atoms with E-state index < -0.39 is 15.1 Å². The number of aromatic nitrogens is 3. The first-order valence-electron chi connectivity index (χ1n) is 11.1. The number of anilines is 1. The van der Waals surface area contributed by atoms with Gasteiger partial charge in [0.15, 0.2) is 27.1 Å². The molecule has 10 heteroatoms. The van der Waals surface area contributed by atoms with Gasteiger partial charge in [0.05, 0.1) is 22.0 Å². The van der Waals surface area contributed by atoms with Crippen LogP contribution >= 0.6 is 0 Å². The van der Waals surface area contributed by atoms with Crippen LogP contribution in [0.5, 0.6) is 0 Å². The van der Waals surface area contributed by atoms with Gasteiger partial charge < -0.3 is 20.7 Å². The average molecular weight is 494 g/mol. The first kappa shape index (κ1) is 24.5. The molecule has 4 N–H and O–H groups in total. The third-order valence-electron chi connectivity index (χ3n) is 5.72. The molecule has 1 unspecified atom stereocenters. The maximum Gasteiger partial charge on any atom is 0.189 e. The van der Waals surface area contributed by atoms with E-state index in [9.17, 15) is 8.42 Å². The zero-order valence-corrected chi connectivity index (χ0v) is 20.3. The molecule has 4 aromatic rings. The number of nitrogens with zero attached hydrogens (tertiary/aromatic N) is 3. The largest absolute Gasteiger partial charge is 0.396 e. The zero-order chi connectivity index (χ0) is 25.0. The number of aliphatic hydroxyl groups is 1. The molecule has 0 saturated carbocycles. The molecule has 0 bridgehead atoms. The van der Waals surface area contributed by atoms with Crippen LogP contribution in [0.2, 0.25) is 0 Å². The number of nitrogen functional groups attached to an aromatic ring is 1. The predicted octanol–water partition coefficient (Wildman–Crippen LogP) is 3.31. The smallest absolute Gasteiger partial charge is 0.189 e. The molecule has 9 nitrogen and oxygen atoms in total. The highest BCUT2D eigenvalue weighted by atomic mass is 32.2. The van der Waals surface area contributed by atoms with Gasteiger partial charge in [-0.1, -0.05) is 41.6 Å². The SMILES string of the molecule is CNCc1ccc(-c2cc(-c3nc(-c4ccc(S(=O)(=O)C(C)CCO)cc4)cnc3N)on2)cc1. The molecule has 1 atom stereocenters. The Bertz CT molecular complexity index is 1400. The number of benzene rings is 2. The molecule has 0 aliphatic carbocycles. The molecule has 0 spiro atoms. The second kappa shape index (κ2) is 10.3. The minimum Gasteiger partial charge on any atom is -0.396 e. The molecule has 2 heterocycles. The number of aliphatic hydroxyl groups excluding tert-OH is 1. The summed E-state index contributed by atoms with van der Waals surface area (Å²) in [6.45, 7) is 2.17. The molecule has 0 aliphatic heterocycles. The second-order valence-corrected chi connectivity index (χ2v) is 10.6. The van der Waals surface area contributed by atoms with E-state index in [1.807, 2.05) is 31.3 Å². The third-order valence-corrected chi connectivity index (χ3v) is 7.94. The number of hydrogen-bond donors (Lipinski definition) is 3. The minimum absolute atomic E-state index is 0.177. The molecule has 0 radical (unpaired) electrons. The Morgan fingerprint density at radius 1 is 1.06 bits per heavy atom. The lowest BCUT2D eigenvalue weighted by Crippen LogP contribution is -2.19. The van der Waals surface area contributed by atoms with Crippen molar-refractivity contribution in [2.24, 2.45) is 0 Å². The molecule has 0 fully saturated rings. The van der Waals surface area contributed by atoms with Crippen LogP contribution in [0.25, 0.3) is 34.0 Å². The fourth-order valence-electron chi connectivity index (χ4n) is 3.62. The summed E-state index contributed by atoms with van der Waals surface area (Å²) >= 11 is 0. The Morgan fingerprint density at radius 2 is 1.71 bits per heavy atom. The standard InChI is InChI=1S/C25H27N5O4S/c1-16(11-12-31)35(32,33)20-9-7-19(8-10-20)22-15-28-25(26)24(29-22)23-13-21(30-34-23)18-5-3-17(4-6-18)14-27-2/h3-10,13,15-16,27,31H,11-12,14H2,1-2H3,(H2,26,28). The van der Waals surface area contributed by atoms with Gasteiger partial charge in [0.1, 0.15) is 5.69 Å². The molecule has 0 saturated heterocycles. The Labute approximate surface area is 204 Å². The van der Waals surface area contributed by atoms with Gasteiger partial charge >= 0.3 is 0 Å². The molecule has 182 valence electrons.